The van der Waals surface area contributed by atoms with E-state index in [9.17, 15) is 0 Å². The molecule has 94 valence electrons. The Bertz CT molecular complexity index is 529. The normalized spacial score (nSPS) is 16.1. The second-order valence-corrected chi connectivity index (χ2v) is 5.86. The number of imidazole rings is 1. The zero-order valence-electron chi connectivity index (χ0n) is 10.1. The van der Waals surface area contributed by atoms with Crippen LogP contribution in [0.1, 0.15) is 25.7 Å². The number of nitrogens with one attached hydrogen (secondary N) is 1. The predicted octanol–water partition coefficient (Wildman–Crippen LogP) is 3.83. The molecular formula is C14H16IN3. The van der Waals surface area contributed by atoms with Crippen molar-refractivity contribution in [1.82, 2.24) is 9.55 Å². The number of para-hydroxylation sites is 1. The van der Waals surface area contributed by atoms with Crippen LogP contribution in [-0.2, 0) is 0 Å². The SMILES string of the molecule is Ic1ccccc1-n1ccnc1NC1CCCC1. The van der Waals surface area contributed by atoms with Gasteiger partial charge in [0.25, 0.3) is 0 Å². The van der Waals surface area contributed by atoms with Crippen LogP contribution >= 0.6 is 22.6 Å². The molecule has 0 atom stereocenters. The summed E-state index contributed by atoms with van der Waals surface area (Å²) in [7, 11) is 0. The summed E-state index contributed by atoms with van der Waals surface area (Å²) < 4.78 is 3.38. The molecule has 0 radical (unpaired) electrons. The molecule has 4 heteroatoms. The second kappa shape index (κ2) is 5.30. The number of anilines is 1. The van der Waals surface area contributed by atoms with Crippen molar-refractivity contribution < 1.29 is 0 Å². The van der Waals surface area contributed by atoms with Crippen molar-refractivity contribution in [2.24, 2.45) is 0 Å². The summed E-state index contributed by atoms with van der Waals surface area (Å²) in [4.78, 5) is 4.45. The summed E-state index contributed by atoms with van der Waals surface area (Å²) in [6, 6.07) is 8.97. The number of benzene rings is 1. The van der Waals surface area contributed by atoms with Crippen LogP contribution in [0.5, 0.6) is 0 Å². The molecule has 1 aromatic heterocycles. The van der Waals surface area contributed by atoms with Crippen LogP contribution < -0.4 is 5.32 Å². The number of hydrogen-bond donors (Lipinski definition) is 1. The van der Waals surface area contributed by atoms with Gasteiger partial charge in [-0.15, -0.1) is 0 Å². The molecule has 1 aliphatic carbocycles. The van der Waals surface area contributed by atoms with Crippen LogP contribution in [-0.4, -0.2) is 15.6 Å². The fourth-order valence-corrected chi connectivity index (χ4v) is 3.15. The van der Waals surface area contributed by atoms with Gasteiger partial charge in [-0.1, -0.05) is 25.0 Å². The van der Waals surface area contributed by atoms with Crippen molar-refractivity contribution in [3.05, 3.63) is 40.2 Å². The standard InChI is InChI=1S/C14H16IN3/c15-12-7-3-4-8-13(12)18-10-9-16-14(18)17-11-5-1-2-6-11/h3-4,7-11H,1-2,5-6H2,(H,16,17). The van der Waals surface area contributed by atoms with E-state index in [1.54, 1.807) is 0 Å². The average molecular weight is 353 g/mol. The van der Waals surface area contributed by atoms with Gasteiger partial charge in [0.2, 0.25) is 5.95 Å². The lowest BCUT2D eigenvalue weighted by Crippen LogP contribution is -2.17. The van der Waals surface area contributed by atoms with E-state index in [2.05, 4.69) is 61.7 Å². The van der Waals surface area contributed by atoms with Gasteiger partial charge in [-0.25, -0.2) is 4.98 Å². The van der Waals surface area contributed by atoms with E-state index < -0.39 is 0 Å². The Morgan fingerprint density at radius 1 is 1.22 bits per heavy atom. The maximum Gasteiger partial charge on any atom is 0.207 e. The Balaban J connectivity index is 1.89. The molecule has 3 nitrogen and oxygen atoms in total. The van der Waals surface area contributed by atoms with E-state index in [0.29, 0.717) is 6.04 Å². The highest BCUT2D eigenvalue weighted by Gasteiger charge is 2.17. The van der Waals surface area contributed by atoms with Gasteiger partial charge in [0.15, 0.2) is 0 Å². The summed E-state index contributed by atoms with van der Waals surface area (Å²) in [6.07, 6.45) is 9.08. The van der Waals surface area contributed by atoms with Gasteiger partial charge >= 0.3 is 0 Å². The summed E-state index contributed by atoms with van der Waals surface area (Å²) >= 11 is 2.37. The van der Waals surface area contributed by atoms with Crippen LogP contribution in [0.4, 0.5) is 5.95 Å². The highest BCUT2D eigenvalue weighted by molar-refractivity contribution is 14.1. The van der Waals surface area contributed by atoms with Crippen molar-refractivity contribution in [1.29, 1.82) is 0 Å². The summed E-state index contributed by atoms with van der Waals surface area (Å²) in [5.74, 6) is 0.964. The minimum Gasteiger partial charge on any atom is -0.353 e. The fourth-order valence-electron chi connectivity index (χ4n) is 2.50. The van der Waals surface area contributed by atoms with Gasteiger partial charge in [-0.3, -0.25) is 4.57 Å². The third-order valence-electron chi connectivity index (χ3n) is 3.44. The zero-order chi connectivity index (χ0) is 12.4. The Morgan fingerprint density at radius 2 is 2.00 bits per heavy atom. The third-order valence-corrected chi connectivity index (χ3v) is 4.35. The van der Waals surface area contributed by atoms with Crippen molar-refractivity contribution in [2.75, 3.05) is 5.32 Å². The first-order valence-corrected chi connectivity index (χ1v) is 7.47. The maximum atomic E-state index is 4.45. The van der Waals surface area contributed by atoms with Crippen LogP contribution in [0, 0.1) is 3.57 Å². The van der Waals surface area contributed by atoms with Crippen LogP contribution in [0.25, 0.3) is 5.69 Å². The van der Waals surface area contributed by atoms with Crippen LogP contribution in [0.15, 0.2) is 36.7 Å². The number of halogens is 1. The molecule has 0 saturated heterocycles. The molecule has 0 spiro atoms. The monoisotopic (exact) mass is 353 g/mol. The molecule has 1 N–H and O–H groups in total. The number of nitrogens with zero attached hydrogens (tertiary/aromatic N) is 2. The molecule has 0 unspecified atom stereocenters. The van der Waals surface area contributed by atoms with E-state index in [1.165, 1.54) is 34.9 Å². The molecule has 1 fully saturated rings. The smallest absolute Gasteiger partial charge is 0.207 e. The Labute approximate surface area is 121 Å². The van der Waals surface area contributed by atoms with Crippen molar-refractivity contribution in [3.63, 3.8) is 0 Å². The van der Waals surface area contributed by atoms with Crippen LogP contribution in [0.2, 0.25) is 0 Å². The van der Waals surface area contributed by atoms with E-state index >= 15 is 0 Å². The van der Waals surface area contributed by atoms with Crippen LogP contribution in [0.3, 0.4) is 0 Å². The van der Waals surface area contributed by atoms with Gasteiger partial charge in [0.05, 0.1) is 5.69 Å². The minimum absolute atomic E-state index is 0.590. The molecule has 0 aliphatic heterocycles. The summed E-state index contributed by atoms with van der Waals surface area (Å²) in [5.41, 5.74) is 1.19. The highest BCUT2D eigenvalue weighted by Crippen LogP contribution is 2.24. The number of hydrogen-bond acceptors (Lipinski definition) is 2. The highest BCUT2D eigenvalue weighted by atomic mass is 127. The fraction of sp³-hybridized carbons (Fsp3) is 0.357. The van der Waals surface area contributed by atoms with E-state index in [4.69, 9.17) is 0 Å². The molecule has 1 aliphatic rings. The van der Waals surface area contributed by atoms with Crippen molar-refractivity contribution in [2.45, 2.75) is 31.7 Å². The molecule has 1 saturated carbocycles. The lowest BCUT2D eigenvalue weighted by atomic mass is 10.2. The predicted molar refractivity (Wildman–Crippen MR) is 82.2 cm³/mol. The Morgan fingerprint density at radius 3 is 2.78 bits per heavy atom. The van der Waals surface area contributed by atoms with Gasteiger partial charge in [-0.05, 0) is 47.6 Å². The van der Waals surface area contributed by atoms with E-state index in [-0.39, 0.29) is 0 Å². The molecular weight excluding hydrogens is 337 g/mol. The first-order chi connectivity index (χ1) is 8.84. The number of rotatable bonds is 3. The third kappa shape index (κ3) is 2.39. The quantitative estimate of drug-likeness (QED) is 0.850. The molecule has 1 heterocycles. The van der Waals surface area contributed by atoms with E-state index in [0.717, 1.165) is 5.95 Å². The molecule has 0 amide bonds. The summed E-state index contributed by atoms with van der Waals surface area (Å²) in [6.45, 7) is 0. The van der Waals surface area contributed by atoms with Crippen molar-refractivity contribution >= 4 is 28.5 Å². The molecule has 18 heavy (non-hydrogen) atoms. The molecule has 3 rings (SSSR count). The number of aromatic nitrogens is 2. The zero-order valence-corrected chi connectivity index (χ0v) is 12.3. The first-order valence-electron chi connectivity index (χ1n) is 6.39. The molecule has 0 bridgehead atoms. The van der Waals surface area contributed by atoms with E-state index in [1.807, 2.05) is 12.4 Å². The van der Waals surface area contributed by atoms with Gasteiger partial charge in [0, 0.05) is 22.0 Å². The average Bonchev–Trinajstić information content (AvgIpc) is 3.02. The first kappa shape index (κ1) is 12.0. The molecule has 2 aromatic rings. The van der Waals surface area contributed by atoms with Crippen molar-refractivity contribution in [3.8, 4) is 5.69 Å². The lowest BCUT2D eigenvalue weighted by Gasteiger charge is -2.15. The Kier molecular flexibility index (Phi) is 3.54. The summed E-state index contributed by atoms with van der Waals surface area (Å²) in [5, 5.41) is 3.56. The minimum atomic E-state index is 0.590. The maximum absolute atomic E-state index is 4.45. The Hall–Kier alpha value is -1.04. The largest absolute Gasteiger partial charge is 0.353 e. The van der Waals surface area contributed by atoms with Gasteiger partial charge < -0.3 is 5.32 Å². The second-order valence-electron chi connectivity index (χ2n) is 4.70. The van der Waals surface area contributed by atoms with Gasteiger partial charge in [0.1, 0.15) is 0 Å². The van der Waals surface area contributed by atoms with Gasteiger partial charge in [-0.2, -0.15) is 0 Å². The topological polar surface area (TPSA) is 29.9 Å². The molecule has 1 aromatic carbocycles. The lowest BCUT2D eigenvalue weighted by molar-refractivity contribution is 0.740.